The van der Waals surface area contributed by atoms with Crippen LogP contribution in [-0.2, 0) is 4.79 Å². The van der Waals surface area contributed by atoms with Crippen LogP contribution >= 0.6 is 0 Å². The van der Waals surface area contributed by atoms with Gasteiger partial charge in [0.15, 0.2) is 0 Å². The van der Waals surface area contributed by atoms with E-state index >= 15 is 0 Å². The van der Waals surface area contributed by atoms with Crippen molar-refractivity contribution in [1.29, 1.82) is 0 Å². The Labute approximate surface area is 129 Å². The summed E-state index contributed by atoms with van der Waals surface area (Å²) in [6.45, 7) is 8.08. The normalized spacial score (nSPS) is 31.7. The lowest BCUT2D eigenvalue weighted by Gasteiger charge is -2.40. The maximum absolute atomic E-state index is 12.7. The van der Waals surface area contributed by atoms with E-state index in [0.717, 1.165) is 52.1 Å². The molecule has 21 heavy (non-hydrogen) atoms. The second kappa shape index (κ2) is 7.56. The SMILES string of the molecule is CC1CCCC(C(=O)N2CCN(CCN(C)C)CC2)C1N. The molecule has 0 bridgehead atoms. The second-order valence-corrected chi connectivity index (χ2v) is 7.06. The molecular formula is C16H32N4O. The summed E-state index contributed by atoms with van der Waals surface area (Å²) in [5, 5.41) is 0. The Kier molecular flexibility index (Phi) is 6.02. The van der Waals surface area contributed by atoms with Crippen molar-refractivity contribution in [2.24, 2.45) is 17.6 Å². The van der Waals surface area contributed by atoms with Crippen molar-refractivity contribution in [2.75, 3.05) is 53.4 Å². The first-order valence-electron chi connectivity index (χ1n) is 8.40. The van der Waals surface area contributed by atoms with Gasteiger partial charge in [0.1, 0.15) is 0 Å². The van der Waals surface area contributed by atoms with E-state index in [9.17, 15) is 4.79 Å². The van der Waals surface area contributed by atoms with Crippen LogP contribution in [-0.4, -0.2) is 80.0 Å². The van der Waals surface area contributed by atoms with Gasteiger partial charge in [-0.2, -0.15) is 0 Å². The number of amides is 1. The highest BCUT2D eigenvalue weighted by atomic mass is 16.2. The van der Waals surface area contributed by atoms with Crippen molar-refractivity contribution in [2.45, 2.75) is 32.2 Å². The second-order valence-electron chi connectivity index (χ2n) is 7.06. The van der Waals surface area contributed by atoms with Crippen molar-refractivity contribution in [3.8, 4) is 0 Å². The van der Waals surface area contributed by atoms with E-state index in [-0.39, 0.29) is 12.0 Å². The molecule has 0 spiro atoms. The molecule has 2 N–H and O–H groups in total. The summed E-state index contributed by atoms with van der Waals surface area (Å²) < 4.78 is 0. The molecule has 0 aromatic rings. The van der Waals surface area contributed by atoms with Gasteiger partial charge in [-0.25, -0.2) is 0 Å². The van der Waals surface area contributed by atoms with E-state index in [2.05, 4.69) is 35.7 Å². The minimum atomic E-state index is 0.0537. The van der Waals surface area contributed by atoms with Crippen LogP contribution in [0.4, 0.5) is 0 Å². The van der Waals surface area contributed by atoms with Crippen LogP contribution in [0.25, 0.3) is 0 Å². The van der Waals surface area contributed by atoms with Crippen LogP contribution in [0.5, 0.6) is 0 Å². The molecule has 1 aliphatic carbocycles. The maximum Gasteiger partial charge on any atom is 0.227 e. The van der Waals surface area contributed by atoms with Crippen LogP contribution < -0.4 is 5.73 Å². The highest BCUT2D eigenvalue weighted by molar-refractivity contribution is 5.79. The summed E-state index contributed by atoms with van der Waals surface area (Å²) in [5.74, 6) is 0.845. The van der Waals surface area contributed by atoms with Crippen molar-refractivity contribution < 1.29 is 4.79 Å². The van der Waals surface area contributed by atoms with Gasteiger partial charge in [-0.15, -0.1) is 0 Å². The largest absolute Gasteiger partial charge is 0.340 e. The van der Waals surface area contributed by atoms with Crippen LogP contribution in [0, 0.1) is 11.8 Å². The molecule has 0 radical (unpaired) electrons. The summed E-state index contributed by atoms with van der Waals surface area (Å²) in [4.78, 5) is 19.4. The molecule has 1 amide bonds. The standard InChI is InChI=1S/C16H32N4O/c1-13-5-4-6-14(15(13)17)16(21)20-11-9-19(10-12-20)8-7-18(2)3/h13-15H,4-12,17H2,1-3H3. The molecule has 1 heterocycles. The zero-order chi connectivity index (χ0) is 15.4. The highest BCUT2D eigenvalue weighted by Crippen LogP contribution is 2.29. The minimum Gasteiger partial charge on any atom is -0.340 e. The Morgan fingerprint density at radius 1 is 1.19 bits per heavy atom. The van der Waals surface area contributed by atoms with Crippen molar-refractivity contribution in [1.82, 2.24) is 14.7 Å². The van der Waals surface area contributed by atoms with Crippen LogP contribution in [0.1, 0.15) is 26.2 Å². The molecule has 2 aliphatic rings. The van der Waals surface area contributed by atoms with E-state index in [0.29, 0.717) is 11.8 Å². The molecule has 0 aromatic heterocycles. The number of carbonyl (C=O) groups is 1. The van der Waals surface area contributed by atoms with Crippen molar-refractivity contribution >= 4 is 5.91 Å². The number of nitrogens with two attached hydrogens (primary N) is 1. The van der Waals surface area contributed by atoms with E-state index in [1.807, 2.05) is 0 Å². The number of hydrogen-bond acceptors (Lipinski definition) is 4. The number of piperazine rings is 1. The van der Waals surface area contributed by atoms with Gasteiger partial charge in [-0.05, 0) is 32.9 Å². The Balaban J connectivity index is 1.80. The summed E-state index contributed by atoms with van der Waals surface area (Å²) in [6, 6.07) is 0.0537. The lowest BCUT2D eigenvalue weighted by molar-refractivity contribution is -0.139. The predicted molar refractivity (Wildman–Crippen MR) is 86.1 cm³/mol. The predicted octanol–water partition coefficient (Wildman–Crippen LogP) is 0.456. The smallest absolute Gasteiger partial charge is 0.227 e. The van der Waals surface area contributed by atoms with E-state index in [4.69, 9.17) is 5.73 Å². The zero-order valence-electron chi connectivity index (χ0n) is 13.9. The molecule has 2 fully saturated rings. The lowest BCUT2D eigenvalue weighted by atomic mass is 9.77. The molecule has 5 heteroatoms. The Morgan fingerprint density at radius 3 is 2.48 bits per heavy atom. The number of rotatable bonds is 4. The van der Waals surface area contributed by atoms with Crippen LogP contribution in [0.2, 0.25) is 0 Å². The van der Waals surface area contributed by atoms with Gasteiger partial charge in [-0.3, -0.25) is 9.69 Å². The molecule has 1 aliphatic heterocycles. The van der Waals surface area contributed by atoms with E-state index < -0.39 is 0 Å². The molecule has 2 rings (SSSR count). The molecular weight excluding hydrogens is 264 g/mol. The first-order chi connectivity index (χ1) is 9.99. The molecule has 1 saturated heterocycles. The van der Waals surface area contributed by atoms with Gasteiger partial charge >= 0.3 is 0 Å². The molecule has 1 saturated carbocycles. The molecule has 0 aromatic carbocycles. The minimum absolute atomic E-state index is 0.0537. The fraction of sp³-hybridized carbons (Fsp3) is 0.938. The topological polar surface area (TPSA) is 52.8 Å². The van der Waals surface area contributed by atoms with E-state index in [1.165, 1.54) is 6.42 Å². The molecule has 3 unspecified atom stereocenters. The average molecular weight is 296 g/mol. The third-order valence-corrected chi connectivity index (χ3v) is 5.16. The lowest BCUT2D eigenvalue weighted by Crippen LogP contribution is -2.55. The first kappa shape index (κ1) is 16.7. The average Bonchev–Trinajstić information content (AvgIpc) is 2.48. The van der Waals surface area contributed by atoms with Crippen LogP contribution in [0.15, 0.2) is 0 Å². The Hall–Kier alpha value is -0.650. The third kappa shape index (κ3) is 4.41. The first-order valence-corrected chi connectivity index (χ1v) is 8.40. The highest BCUT2D eigenvalue weighted by Gasteiger charge is 2.35. The van der Waals surface area contributed by atoms with Gasteiger partial charge in [0.25, 0.3) is 0 Å². The summed E-state index contributed by atoms with van der Waals surface area (Å²) in [5.41, 5.74) is 6.27. The third-order valence-electron chi connectivity index (χ3n) is 5.16. The van der Waals surface area contributed by atoms with Gasteiger partial charge in [0.05, 0.1) is 5.92 Å². The van der Waals surface area contributed by atoms with Gasteiger partial charge in [0, 0.05) is 45.3 Å². The Bertz CT molecular complexity index is 339. The summed E-state index contributed by atoms with van der Waals surface area (Å²) >= 11 is 0. The fourth-order valence-corrected chi connectivity index (χ4v) is 3.50. The fourth-order valence-electron chi connectivity index (χ4n) is 3.50. The molecule has 122 valence electrons. The van der Waals surface area contributed by atoms with Gasteiger partial charge in [-0.1, -0.05) is 13.3 Å². The van der Waals surface area contributed by atoms with Gasteiger partial charge < -0.3 is 15.5 Å². The summed E-state index contributed by atoms with van der Waals surface area (Å²) in [6.07, 6.45) is 3.29. The van der Waals surface area contributed by atoms with Gasteiger partial charge in [0.2, 0.25) is 5.91 Å². The Morgan fingerprint density at radius 2 is 1.86 bits per heavy atom. The zero-order valence-corrected chi connectivity index (χ0v) is 13.9. The quantitative estimate of drug-likeness (QED) is 0.819. The maximum atomic E-state index is 12.7. The van der Waals surface area contributed by atoms with Crippen molar-refractivity contribution in [3.05, 3.63) is 0 Å². The van der Waals surface area contributed by atoms with E-state index in [1.54, 1.807) is 0 Å². The summed E-state index contributed by atoms with van der Waals surface area (Å²) in [7, 11) is 4.21. The number of likely N-dealkylation sites (N-methyl/N-ethyl adjacent to an activating group) is 1. The monoisotopic (exact) mass is 296 g/mol. The van der Waals surface area contributed by atoms with Crippen LogP contribution in [0.3, 0.4) is 0 Å². The number of hydrogen-bond donors (Lipinski definition) is 1. The molecule has 5 nitrogen and oxygen atoms in total. The number of nitrogens with zero attached hydrogens (tertiary/aromatic N) is 3. The molecule has 3 atom stereocenters. The van der Waals surface area contributed by atoms with Crippen molar-refractivity contribution in [3.63, 3.8) is 0 Å². The number of carbonyl (C=O) groups excluding carboxylic acids is 1.